The van der Waals surface area contributed by atoms with Crippen LogP contribution in [0.2, 0.25) is 5.02 Å². The lowest BCUT2D eigenvalue weighted by atomic mass is 9.96. The zero-order chi connectivity index (χ0) is 18.4. The molecule has 1 atom stereocenters. The van der Waals surface area contributed by atoms with E-state index in [0.29, 0.717) is 5.13 Å². The second kappa shape index (κ2) is 9.16. The number of hydrogen-bond donors (Lipinski definition) is 1. The van der Waals surface area contributed by atoms with Crippen LogP contribution in [-0.4, -0.2) is 16.1 Å². The Hall–Kier alpha value is -1.89. The lowest BCUT2D eigenvalue weighted by Gasteiger charge is -2.13. The third-order valence-electron chi connectivity index (χ3n) is 3.81. The Morgan fingerprint density at radius 3 is 2.73 bits per heavy atom. The van der Waals surface area contributed by atoms with Crippen LogP contribution in [0.15, 0.2) is 58.9 Å². The van der Waals surface area contributed by atoms with Gasteiger partial charge in [-0.05, 0) is 29.7 Å². The SMILES string of the molecule is CC[C@H](C(=O)Nc1nnc(SCc2cccc(Cl)c2)s1)c1ccccc1. The lowest BCUT2D eigenvalue weighted by Crippen LogP contribution is -2.20. The number of benzene rings is 2. The molecule has 26 heavy (non-hydrogen) atoms. The molecule has 0 spiro atoms. The van der Waals surface area contributed by atoms with Gasteiger partial charge in [0.25, 0.3) is 0 Å². The molecule has 3 aromatic rings. The fourth-order valence-corrected chi connectivity index (χ4v) is 4.45. The Morgan fingerprint density at radius 2 is 2.00 bits per heavy atom. The Bertz CT molecular complexity index is 870. The molecule has 4 nitrogen and oxygen atoms in total. The highest BCUT2D eigenvalue weighted by Crippen LogP contribution is 2.30. The maximum Gasteiger partial charge on any atom is 0.233 e. The minimum absolute atomic E-state index is 0.0544. The van der Waals surface area contributed by atoms with E-state index < -0.39 is 0 Å². The van der Waals surface area contributed by atoms with Crippen molar-refractivity contribution in [1.82, 2.24) is 10.2 Å². The fraction of sp³-hybridized carbons (Fsp3) is 0.211. The van der Waals surface area contributed by atoms with Crippen LogP contribution in [0.1, 0.15) is 30.4 Å². The van der Waals surface area contributed by atoms with Crippen molar-refractivity contribution in [2.45, 2.75) is 29.4 Å². The van der Waals surface area contributed by atoms with E-state index in [1.54, 1.807) is 11.8 Å². The van der Waals surface area contributed by atoms with Crippen molar-refractivity contribution < 1.29 is 4.79 Å². The second-order valence-corrected chi connectivity index (χ2v) is 8.29. The highest BCUT2D eigenvalue weighted by molar-refractivity contribution is 8.00. The van der Waals surface area contributed by atoms with Gasteiger partial charge < -0.3 is 0 Å². The van der Waals surface area contributed by atoms with Crippen LogP contribution in [0.4, 0.5) is 5.13 Å². The molecular formula is C19H18ClN3OS2. The maximum absolute atomic E-state index is 12.6. The van der Waals surface area contributed by atoms with Gasteiger partial charge in [-0.2, -0.15) is 0 Å². The molecule has 0 unspecified atom stereocenters. The molecule has 2 aromatic carbocycles. The number of carbonyl (C=O) groups is 1. The van der Waals surface area contributed by atoms with E-state index >= 15 is 0 Å². The van der Waals surface area contributed by atoms with Gasteiger partial charge in [-0.1, -0.05) is 84.1 Å². The summed E-state index contributed by atoms with van der Waals surface area (Å²) in [6.07, 6.45) is 0.727. The largest absolute Gasteiger partial charge is 0.300 e. The van der Waals surface area contributed by atoms with Gasteiger partial charge in [-0.3, -0.25) is 10.1 Å². The van der Waals surface area contributed by atoms with Crippen LogP contribution in [0, 0.1) is 0 Å². The topological polar surface area (TPSA) is 54.9 Å². The van der Waals surface area contributed by atoms with Crippen LogP contribution in [0.3, 0.4) is 0 Å². The molecule has 0 aliphatic heterocycles. The summed E-state index contributed by atoms with van der Waals surface area (Å²) in [5.74, 6) is 0.508. The first kappa shape index (κ1) is 18.9. The van der Waals surface area contributed by atoms with E-state index in [0.717, 1.165) is 32.7 Å². The van der Waals surface area contributed by atoms with Gasteiger partial charge in [0.2, 0.25) is 11.0 Å². The summed E-state index contributed by atoms with van der Waals surface area (Å²) in [4.78, 5) is 12.6. The van der Waals surface area contributed by atoms with Gasteiger partial charge in [-0.25, -0.2) is 0 Å². The van der Waals surface area contributed by atoms with Gasteiger partial charge >= 0.3 is 0 Å². The highest BCUT2D eigenvalue weighted by atomic mass is 35.5. The Kier molecular flexibility index (Phi) is 6.66. The van der Waals surface area contributed by atoms with Crippen LogP contribution in [0.5, 0.6) is 0 Å². The molecule has 1 N–H and O–H groups in total. The molecule has 134 valence electrons. The average Bonchev–Trinajstić information content (AvgIpc) is 3.09. The summed E-state index contributed by atoms with van der Waals surface area (Å²) in [5.41, 5.74) is 2.13. The summed E-state index contributed by atoms with van der Waals surface area (Å²) in [6.45, 7) is 2.00. The predicted octanol–water partition coefficient (Wildman–Crippen LogP) is 5.62. The highest BCUT2D eigenvalue weighted by Gasteiger charge is 2.20. The monoisotopic (exact) mass is 403 g/mol. The number of hydrogen-bond acceptors (Lipinski definition) is 5. The van der Waals surface area contributed by atoms with Gasteiger partial charge in [0.1, 0.15) is 0 Å². The lowest BCUT2D eigenvalue weighted by molar-refractivity contribution is -0.117. The number of thioether (sulfide) groups is 1. The quantitative estimate of drug-likeness (QED) is 0.411. The van der Waals surface area contributed by atoms with Gasteiger partial charge in [0, 0.05) is 10.8 Å². The molecule has 0 aliphatic carbocycles. The molecule has 0 aliphatic rings. The Morgan fingerprint density at radius 1 is 1.19 bits per heavy atom. The van der Waals surface area contributed by atoms with Crippen LogP contribution in [0.25, 0.3) is 0 Å². The molecule has 0 radical (unpaired) electrons. The third-order valence-corrected chi connectivity index (χ3v) is 6.09. The molecule has 0 saturated heterocycles. The first-order valence-corrected chi connectivity index (χ1v) is 10.4. The minimum atomic E-state index is -0.192. The number of anilines is 1. The molecule has 7 heteroatoms. The van der Waals surface area contributed by atoms with Crippen molar-refractivity contribution in [3.63, 3.8) is 0 Å². The first-order valence-electron chi connectivity index (χ1n) is 8.22. The number of aromatic nitrogens is 2. The predicted molar refractivity (Wildman–Crippen MR) is 109 cm³/mol. The fourth-order valence-electron chi connectivity index (χ4n) is 2.54. The number of rotatable bonds is 7. The minimum Gasteiger partial charge on any atom is -0.300 e. The van der Waals surface area contributed by atoms with Gasteiger partial charge in [0.05, 0.1) is 5.92 Å². The molecule has 1 amide bonds. The van der Waals surface area contributed by atoms with Crippen molar-refractivity contribution in [2.24, 2.45) is 0 Å². The van der Waals surface area contributed by atoms with Crippen molar-refractivity contribution in [2.75, 3.05) is 5.32 Å². The van der Waals surface area contributed by atoms with E-state index in [1.165, 1.54) is 11.3 Å². The van der Waals surface area contributed by atoms with E-state index in [1.807, 2.05) is 61.5 Å². The first-order chi connectivity index (χ1) is 12.7. The number of amides is 1. The van der Waals surface area contributed by atoms with Crippen molar-refractivity contribution >= 4 is 45.7 Å². The van der Waals surface area contributed by atoms with Crippen molar-refractivity contribution in [1.29, 1.82) is 0 Å². The zero-order valence-electron chi connectivity index (χ0n) is 14.2. The van der Waals surface area contributed by atoms with Crippen LogP contribution in [-0.2, 0) is 10.5 Å². The second-order valence-electron chi connectivity index (χ2n) is 5.65. The van der Waals surface area contributed by atoms with E-state index in [4.69, 9.17) is 11.6 Å². The standard InChI is InChI=1S/C19H18ClN3OS2/c1-2-16(14-8-4-3-5-9-14)17(24)21-18-22-23-19(26-18)25-12-13-7-6-10-15(20)11-13/h3-11,16H,2,12H2,1H3,(H,21,22,24)/t16-/m0/s1. The van der Waals surface area contributed by atoms with Crippen molar-refractivity contribution in [3.05, 3.63) is 70.7 Å². The van der Waals surface area contributed by atoms with E-state index in [-0.39, 0.29) is 11.8 Å². The molecule has 0 fully saturated rings. The number of carbonyl (C=O) groups excluding carboxylic acids is 1. The summed E-state index contributed by atoms with van der Waals surface area (Å²) < 4.78 is 0.813. The summed E-state index contributed by atoms with van der Waals surface area (Å²) in [6, 6.07) is 17.5. The molecule has 0 saturated carbocycles. The zero-order valence-corrected chi connectivity index (χ0v) is 16.6. The molecular weight excluding hydrogens is 386 g/mol. The Labute approximate surface area is 166 Å². The molecule has 1 aromatic heterocycles. The van der Waals surface area contributed by atoms with Crippen molar-refractivity contribution in [3.8, 4) is 0 Å². The summed E-state index contributed by atoms with van der Waals surface area (Å²) in [7, 11) is 0. The number of nitrogens with zero attached hydrogens (tertiary/aromatic N) is 2. The van der Waals surface area contributed by atoms with Gasteiger partial charge in [-0.15, -0.1) is 10.2 Å². The van der Waals surface area contributed by atoms with Gasteiger partial charge in [0.15, 0.2) is 4.34 Å². The molecule has 1 heterocycles. The number of halogens is 1. The smallest absolute Gasteiger partial charge is 0.233 e. The van der Waals surface area contributed by atoms with E-state index in [9.17, 15) is 4.79 Å². The maximum atomic E-state index is 12.6. The normalized spacial score (nSPS) is 11.9. The number of nitrogens with one attached hydrogen (secondary N) is 1. The molecule has 0 bridgehead atoms. The molecule has 3 rings (SSSR count). The van der Waals surface area contributed by atoms with Crippen LogP contribution >= 0.6 is 34.7 Å². The average molecular weight is 404 g/mol. The van der Waals surface area contributed by atoms with Crippen LogP contribution < -0.4 is 5.32 Å². The summed E-state index contributed by atoms with van der Waals surface area (Å²) in [5, 5.41) is 12.4. The van der Waals surface area contributed by atoms with E-state index in [2.05, 4.69) is 15.5 Å². The Balaban J connectivity index is 1.60. The summed E-state index contributed by atoms with van der Waals surface area (Å²) >= 11 is 8.96. The third kappa shape index (κ3) is 5.06.